The van der Waals surface area contributed by atoms with Crippen LogP contribution >= 0.6 is 0 Å². The number of aromatic nitrogens is 2. The lowest BCUT2D eigenvalue weighted by molar-refractivity contribution is 0.646. The predicted molar refractivity (Wildman–Crippen MR) is 187 cm³/mol. The number of imidazole rings is 1. The zero-order chi connectivity index (χ0) is 32.4. The summed E-state index contributed by atoms with van der Waals surface area (Å²) in [5.74, 6) is 0. The molecule has 2 heterocycles. The third-order valence-electron chi connectivity index (χ3n) is 8.65. The van der Waals surface area contributed by atoms with Gasteiger partial charge in [0.1, 0.15) is 5.65 Å². The number of nitrogens with zero attached hydrogens (tertiary/aromatic N) is 4. The molecule has 0 amide bonds. The number of rotatable bonds is 4. The Bertz CT molecular complexity index is 2370. The van der Waals surface area contributed by atoms with Crippen molar-refractivity contribution < 1.29 is 0 Å². The van der Waals surface area contributed by atoms with Crippen LogP contribution in [0.15, 0.2) is 126 Å². The van der Waals surface area contributed by atoms with Crippen LogP contribution in [0.3, 0.4) is 0 Å². The minimum absolute atomic E-state index is 0.223. The van der Waals surface area contributed by atoms with Gasteiger partial charge in [-0.1, -0.05) is 116 Å². The molecule has 0 aliphatic carbocycles. The molecule has 0 bridgehead atoms. The average molecular weight is 597 g/mol. The highest BCUT2D eigenvalue weighted by Crippen LogP contribution is 2.38. The van der Waals surface area contributed by atoms with E-state index in [1.165, 1.54) is 5.56 Å². The largest absolute Gasteiger partial charge is 0.268 e. The molecule has 2 aromatic heterocycles. The zero-order valence-electron chi connectivity index (χ0n) is 26.2. The fourth-order valence-corrected chi connectivity index (χ4v) is 6.06. The Balaban J connectivity index is 0.000000471. The summed E-state index contributed by atoms with van der Waals surface area (Å²) in [5.41, 5.74) is 6.21. The van der Waals surface area contributed by atoms with Crippen molar-refractivity contribution in [3.8, 4) is 23.3 Å². The minimum atomic E-state index is -0.574. The van der Waals surface area contributed by atoms with Gasteiger partial charge in [-0.3, -0.25) is 9.20 Å². The van der Waals surface area contributed by atoms with E-state index in [-0.39, 0.29) is 5.56 Å². The summed E-state index contributed by atoms with van der Waals surface area (Å²) >= 11 is 0. The molecule has 46 heavy (non-hydrogen) atoms. The standard InChI is InChI=1S/C34H24N4O.C7H8/c1-21-29(18-25(20-36)34(2,3)24-12-8-5-9-13-24)38-32(37-21)27-15-14-23(19-35)30-26(22-10-6-4-7-11-22)16-17-28(31(27)30)33(38)39;1-7-5-3-2-4-6-7/h4-18H,1-3H3;2-6H,1H3/b25-18-;. The van der Waals surface area contributed by atoms with E-state index in [4.69, 9.17) is 4.98 Å². The minimum Gasteiger partial charge on any atom is -0.268 e. The lowest BCUT2D eigenvalue weighted by atomic mass is 9.77. The molecular weight excluding hydrogens is 564 g/mol. The molecule has 0 saturated heterocycles. The topological polar surface area (TPSA) is 81.9 Å². The summed E-state index contributed by atoms with van der Waals surface area (Å²) < 4.78 is 1.61. The molecule has 0 fully saturated rings. The molecule has 0 unspecified atom stereocenters. The number of hydrogen-bond acceptors (Lipinski definition) is 4. The van der Waals surface area contributed by atoms with E-state index in [2.05, 4.69) is 31.2 Å². The number of hydrogen-bond donors (Lipinski definition) is 0. The molecule has 0 saturated carbocycles. The number of aryl methyl sites for hydroxylation is 2. The van der Waals surface area contributed by atoms with Gasteiger partial charge in [-0.2, -0.15) is 10.5 Å². The molecule has 0 spiro atoms. The number of benzene rings is 5. The highest BCUT2D eigenvalue weighted by molar-refractivity contribution is 6.20. The Morgan fingerprint density at radius 3 is 1.96 bits per heavy atom. The first-order valence-electron chi connectivity index (χ1n) is 15.2. The third kappa shape index (κ3) is 5.19. The molecule has 0 aliphatic rings. The molecule has 7 rings (SSSR count). The van der Waals surface area contributed by atoms with E-state index in [9.17, 15) is 15.3 Å². The van der Waals surface area contributed by atoms with Crippen molar-refractivity contribution >= 4 is 33.3 Å². The number of allylic oxidation sites excluding steroid dienone is 1. The third-order valence-corrected chi connectivity index (χ3v) is 8.65. The Hall–Kier alpha value is -6.04. The van der Waals surface area contributed by atoms with Gasteiger partial charge in [0, 0.05) is 32.5 Å². The molecule has 0 atom stereocenters. The Labute approximate surface area is 268 Å². The second-order valence-electron chi connectivity index (χ2n) is 11.9. The van der Waals surface area contributed by atoms with Crippen LogP contribution in [-0.2, 0) is 5.41 Å². The van der Waals surface area contributed by atoms with E-state index in [0.717, 1.165) is 32.8 Å². The molecular formula is C41H32N4O. The highest BCUT2D eigenvalue weighted by Gasteiger charge is 2.27. The molecule has 5 nitrogen and oxygen atoms in total. The first-order valence-corrected chi connectivity index (χ1v) is 15.2. The fraction of sp³-hybridized carbons (Fsp3) is 0.122. The van der Waals surface area contributed by atoms with Gasteiger partial charge in [-0.05, 0) is 54.8 Å². The van der Waals surface area contributed by atoms with Gasteiger partial charge in [-0.15, -0.1) is 0 Å². The van der Waals surface area contributed by atoms with Gasteiger partial charge in [0.15, 0.2) is 0 Å². The van der Waals surface area contributed by atoms with Crippen LogP contribution in [-0.4, -0.2) is 9.38 Å². The second-order valence-corrected chi connectivity index (χ2v) is 11.9. The molecule has 0 radical (unpaired) electrons. The summed E-state index contributed by atoms with van der Waals surface area (Å²) in [5, 5.41) is 23.0. The molecule has 7 aromatic rings. The summed E-state index contributed by atoms with van der Waals surface area (Å²) in [4.78, 5) is 18.9. The lowest BCUT2D eigenvalue weighted by Crippen LogP contribution is -2.20. The van der Waals surface area contributed by atoms with E-state index in [1.807, 2.05) is 118 Å². The lowest BCUT2D eigenvalue weighted by Gasteiger charge is -2.24. The second kappa shape index (κ2) is 12.2. The Morgan fingerprint density at radius 1 is 0.761 bits per heavy atom. The van der Waals surface area contributed by atoms with E-state index in [0.29, 0.717) is 33.6 Å². The van der Waals surface area contributed by atoms with Gasteiger partial charge in [0.25, 0.3) is 5.56 Å². The Kier molecular flexibility index (Phi) is 7.93. The highest BCUT2D eigenvalue weighted by atomic mass is 16.1. The van der Waals surface area contributed by atoms with Crippen molar-refractivity contribution in [3.63, 3.8) is 0 Å². The molecule has 222 valence electrons. The average Bonchev–Trinajstić information content (AvgIpc) is 3.42. The first kappa shape index (κ1) is 30.0. The van der Waals surface area contributed by atoms with Crippen molar-refractivity contribution in [3.05, 3.63) is 159 Å². The van der Waals surface area contributed by atoms with E-state index in [1.54, 1.807) is 16.5 Å². The van der Waals surface area contributed by atoms with Gasteiger partial charge in [0.2, 0.25) is 0 Å². The maximum atomic E-state index is 14.1. The zero-order valence-corrected chi connectivity index (χ0v) is 26.2. The Morgan fingerprint density at radius 2 is 1.37 bits per heavy atom. The van der Waals surface area contributed by atoms with Gasteiger partial charge < -0.3 is 0 Å². The van der Waals surface area contributed by atoms with Crippen molar-refractivity contribution in [2.75, 3.05) is 0 Å². The van der Waals surface area contributed by atoms with Crippen molar-refractivity contribution in [1.29, 1.82) is 10.5 Å². The number of pyridine rings is 1. The van der Waals surface area contributed by atoms with Gasteiger partial charge in [-0.25, -0.2) is 4.98 Å². The molecule has 5 aromatic carbocycles. The van der Waals surface area contributed by atoms with E-state index < -0.39 is 5.41 Å². The summed E-state index contributed by atoms with van der Waals surface area (Å²) in [6, 6.07) is 42.1. The van der Waals surface area contributed by atoms with Gasteiger partial charge >= 0.3 is 0 Å². The van der Waals surface area contributed by atoms with Crippen LogP contribution in [0.25, 0.3) is 44.4 Å². The van der Waals surface area contributed by atoms with Crippen LogP contribution in [0, 0.1) is 36.5 Å². The number of nitriles is 2. The first-order chi connectivity index (χ1) is 22.3. The monoisotopic (exact) mass is 596 g/mol. The number of fused-ring (bicyclic) bond motifs is 2. The summed E-state index contributed by atoms with van der Waals surface area (Å²) in [6.45, 7) is 7.95. The van der Waals surface area contributed by atoms with Crippen LogP contribution in [0.4, 0.5) is 0 Å². The molecule has 0 aliphatic heterocycles. The normalized spacial score (nSPS) is 11.7. The maximum Gasteiger partial charge on any atom is 0.264 e. The maximum absolute atomic E-state index is 14.1. The summed E-state index contributed by atoms with van der Waals surface area (Å²) in [6.07, 6.45) is 1.79. The van der Waals surface area contributed by atoms with Crippen molar-refractivity contribution in [1.82, 2.24) is 9.38 Å². The fourth-order valence-electron chi connectivity index (χ4n) is 6.06. The van der Waals surface area contributed by atoms with Crippen molar-refractivity contribution in [2.24, 2.45) is 0 Å². The molecule has 0 N–H and O–H groups in total. The quantitative estimate of drug-likeness (QED) is 0.190. The van der Waals surface area contributed by atoms with Crippen LogP contribution in [0.5, 0.6) is 0 Å². The van der Waals surface area contributed by atoms with Crippen molar-refractivity contribution in [2.45, 2.75) is 33.1 Å². The summed E-state index contributed by atoms with van der Waals surface area (Å²) in [7, 11) is 0. The SMILES string of the molecule is Cc1ccccc1.Cc1nc2c3ccc(C#N)c4c(-c5ccccc5)ccc(c(=O)n2c1/C=C(/C#N)C(C)(C)c1ccccc1)c43. The van der Waals surface area contributed by atoms with Gasteiger partial charge in [0.05, 0.1) is 29.1 Å². The molecule has 5 heteroatoms. The smallest absolute Gasteiger partial charge is 0.264 e. The van der Waals surface area contributed by atoms with Crippen LogP contribution in [0.1, 0.15) is 41.9 Å². The van der Waals surface area contributed by atoms with E-state index >= 15 is 0 Å². The predicted octanol–water partition coefficient (Wildman–Crippen LogP) is 9.17. The van der Waals surface area contributed by atoms with Crippen LogP contribution in [0.2, 0.25) is 0 Å². The van der Waals surface area contributed by atoms with Crippen LogP contribution < -0.4 is 5.56 Å².